The van der Waals surface area contributed by atoms with Gasteiger partial charge in [-0.1, -0.05) is 0 Å². The molecule has 2 amide bonds. The molecule has 3 fully saturated rings. The van der Waals surface area contributed by atoms with Crippen LogP contribution < -0.4 is 16.0 Å². The molecule has 0 saturated carbocycles. The molecule has 1 aromatic carbocycles. The molecule has 2 unspecified atom stereocenters. The summed E-state index contributed by atoms with van der Waals surface area (Å²) in [6, 6.07) is 8.60. The Labute approximate surface area is 149 Å². The van der Waals surface area contributed by atoms with Crippen LogP contribution in [0.5, 0.6) is 0 Å². The van der Waals surface area contributed by atoms with Gasteiger partial charge >= 0.3 is 6.03 Å². The lowest BCUT2D eigenvalue weighted by atomic mass is 10.00. The number of hydrogen-bond donors (Lipinski definition) is 3. The minimum absolute atomic E-state index is 0.0588. The second-order valence-electron chi connectivity index (χ2n) is 7.74. The Kier molecular flexibility index (Phi) is 4.46. The molecular weight excluding hydrogens is 316 g/mol. The molecule has 3 atom stereocenters. The van der Waals surface area contributed by atoms with Crippen molar-refractivity contribution in [3.63, 3.8) is 0 Å². The third kappa shape index (κ3) is 3.40. The SMILES string of the molecule is Nc1ccc(N2CCC[C@H](NC(=O)N3C4CCC3CC(O)C4)C2)cc1. The molecule has 1 aromatic rings. The van der Waals surface area contributed by atoms with Gasteiger partial charge in [-0.2, -0.15) is 0 Å². The third-order valence-corrected chi connectivity index (χ3v) is 5.95. The average Bonchev–Trinajstić information content (AvgIpc) is 2.87. The van der Waals surface area contributed by atoms with Gasteiger partial charge in [0, 0.05) is 42.6 Å². The monoisotopic (exact) mass is 344 g/mol. The van der Waals surface area contributed by atoms with Gasteiger partial charge in [0.05, 0.1) is 6.10 Å². The summed E-state index contributed by atoms with van der Waals surface area (Å²) in [7, 11) is 0. The number of nitrogens with two attached hydrogens (primary N) is 1. The number of nitrogens with one attached hydrogen (secondary N) is 1. The number of carbonyl (C=O) groups excluding carboxylic acids is 1. The zero-order valence-electron chi connectivity index (χ0n) is 14.6. The second kappa shape index (κ2) is 6.75. The summed E-state index contributed by atoms with van der Waals surface area (Å²) in [5.74, 6) is 0. The van der Waals surface area contributed by atoms with E-state index in [1.165, 1.54) is 0 Å². The van der Waals surface area contributed by atoms with Gasteiger partial charge in [0.2, 0.25) is 0 Å². The maximum Gasteiger partial charge on any atom is 0.318 e. The number of aliphatic hydroxyl groups is 1. The van der Waals surface area contributed by atoms with Gasteiger partial charge in [-0.25, -0.2) is 4.79 Å². The number of benzene rings is 1. The normalized spacial score (nSPS) is 31.9. The predicted octanol–water partition coefficient (Wildman–Crippen LogP) is 1.93. The molecule has 6 nitrogen and oxygen atoms in total. The molecule has 0 aliphatic carbocycles. The van der Waals surface area contributed by atoms with Crippen molar-refractivity contribution in [1.82, 2.24) is 10.2 Å². The Balaban J connectivity index is 1.37. The van der Waals surface area contributed by atoms with E-state index >= 15 is 0 Å². The molecule has 4 N–H and O–H groups in total. The lowest BCUT2D eigenvalue weighted by Crippen LogP contribution is -2.56. The fourth-order valence-corrected chi connectivity index (χ4v) is 4.74. The minimum Gasteiger partial charge on any atom is -0.399 e. The van der Waals surface area contributed by atoms with Crippen LogP contribution in [0.15, 0.2) is 24.3 Å². The number of aliphatic hydroxyl groups excluding tert-OH is 1. The predicted molar refractivity (Wildman–Crippen MR) is 98.5 cm³/mol. The molecule has 0 aromatic heterocycles. The molecule has 0 spiro atoms. The number of piperidine rings is 2. The first kappa shape index (κ1) is 16.5. The van der Waals surface area contributed by atoms with Crippen LogP contribution in [0, 0.1) is 0 Å². The largest absolute Gasteiger partial charge is 0.399 e. The molecule has 3 heterocycles. The smallest absolute Gasteiger partial charge is 0.318 e. The van der Waals surface area contributed by atoms with E-state index < -0.39 is 0 Å². The van der Waals surface area contributed by atoms with Crippen LogP contribution in [0.1, 0.15) is 38.5 Å². The van der Waals surface area contributed by atoms with Crippen LogP contribution in [0.25, 0.3) is 0 Å². The highest BCUT2D eigenvalue weighted by Gasteiger charge is 2.43. The highest BCUT2D eigenvalue weighted by atomic mass is 16.3. The number of rotatable bonds is 2. The molecule has 3 aliphatic rings. The molecular formula is C19H28N4O2. The highest BCUT2D eigenvalue weighted by Crippen LogP contribution is 2.35. The summed E-state index contributed by atoms with van der Waals surface area (Å²) in [5, 5.41) is 13.2. The Morgan fingerprint density at radius 3 is 2.48 bits per heavy atom. The Morgan fingerprint density at radius 1 is 1.12 bits per heavy atom. The Morgan fingerprint density at radius 2 is 1.80 bits per heavy atom. The number of carbonyl (C=O) groups is 1. The highest BCUT2D eigenvalue weighted by molar-refractivity contribution is 5.76. The molecule has 6 heteroatoms. The lowest BCUT2D eigenvalue weighted by molar-refractivity contribution is 0.0533. The van der Waals surface area contributed by atoms with Crippen LogP contribution >= 0.6 is 0 Å². The molecule has 136 valence electrons. The maximum absolute atomic E-state index is 12.8. The van der Waals surface area contributed by atoms with E-state index in [1.54, 1.807) is 0 Å². The van der Waals surface area contributed by atoms with Crippen molar-refractivity contribution in [1.29, 1.82) is 0 Å². The third-order valence-electron chi connectivity index (χ3n) is 5.95. The van der Waals surface area contributed by atoms with Crippen molar-refractivity contribution in [3.05, 3.63) is 24.3 Å². The quantitative estimate of drug-likeness (QED) is 0.716. The number of nitrogen functional groups attached to an aromatic ring is 1. The van der Waals surface area contributed by atoms with E-state index in [0.29, 0.717) is 0 Å². The van der Waals surface area contributed by atoms with E-state index in [1.807, 2.05) is 29.2 Å². The van der Waals surface area contributed by atoms with Gasteiger partial charge in [-0.3, -0.25) is 0 Å². The number of nitrogens with zero attached hydrogens (tertiary/aromatic N) is 2. The standard InChI is InChI=1S/C19H28N4O2/c20-13-3-5-15(6-4-13)22-9-1-2-14(12-22)21-19(25)23-16-7-8-17(23)11-18(24)10-16/h3-6,14,16-18,24H,1-2,7-12,20H2,(H,21,25)/t14-,16?,17?,18?/m0/s1. The molecule has 3 aliphatic heterocycles. The Bertz CT molecular complexity index is 606. The second-order valence-corrected chi connectivity index (χ2v) is 7.74. The van der Waals surface area contributed by atoms with Crippen molar-refractivity contribution in [2.75, 3.05) is 23.7 Å². The molecule has 4 rings (SSSR count). The first-order chi connectivity index (χ1) is 12.1. The van der Waals surface area contributed by atoms with Gasteiger partial charge in [-0.05, 0) is 62.8 Å². The number of anilines is 2. The summed E-state index contributed by atoms with van der Waals surface area (Å²) >= 11 is 0. The summed E-state index contributed by atoms with van der Waals surface area (Å²) in [6.07, 6.45) is 5.36. The van der Waals surface area contributed by atoms with Gasteiger partial charge in [0.25, 0.3) is 0 Å². The summed E-state index contributed by atoms with van der Waals surface area (Å²) < 4.78 is 0. The van der Waals surface area contributed by atoms with Crippen molar-refractivity contribution in [2.24, 2.45) is 0 Å². The molecule has 25 heavy (non-hydrogen) atoms. The van der Waals surface area contributed by atoms with Gasteiger partial charge in [0.1, 0.15) is 0 Å². The number of fused-ring (bicyclic) bond motifs is 2. The van der Waals surface area contributed by atoms with Crippen LogP contribution in [-0.4, -0.2) is 53.4 Å². The van der Waals surface area contributed by atoms with E-state index in [4.69, 9.17) is 5.73 Å². The van der Waals surface area contributed by atoms with E-state index in [2.05, 4.69) is 10.2 Å². The summed E-state index contributed by atoms with van der Waals surface area (Å²) in [4.78, 5) is 17.2. The molecule has 0 radical (unpaired) electrons. The van der Waals surface area contributed by atoms with Crippen molar-refractivity contribution in [3.8, 4) is 0 Å². The maximum atomic E-state index is 12.8. The number of urea groups is 1. The van der Waals surface area contributed by atoms with Gasteiger partial charge in [0.15, 0.2) is 0 Å². The fraction of sp³-hybridized carbons (Fsp3) is 0.632. The first-order valence-electron chi connectivity index (χ1n) is 9.47. The van der Waals surface area contributed by atoms with Gasteiger partial charge in [-0.15, -0.1) is 0 Å². The van der Waals surface area contributed by atoms with E-state index in [9.17, 15) is 9.90 Å². The van der Waals surface area contributed by atoms with Crippen LogP contribution in [-0.2, 0) is 0 Å². The fourth-order valence-electron chi connectivity index (χ4n) is 4.74. The van der Waals surface area contributed by atoms with Crippen LogP contribution in [0.4, 0.5) is 16.2 Å². The van der Waals surface area contributed by atoms with Crippen LogP contribution in [0.2, 0.25) is 0 Å². The first-order valence-corrected chi connectivity index (χ1v) is 9.47. The van der Waals surface area contributed by atoms with E-state index in [-0.39, 0.29) is 30.3 Å². The zero-order valence-corrected chi connectivity index (χ0v) is 14.6. The van der Waals surface area contributed by atoms with Crippen molar-refractivity contribution < 1.29 is 9.90 Å². The van der Waals surface area contributed by atoms with Crippen molar-refractivity contribution in [2.45, 2.75) is 62.8 Å². The summed E-state index contributed by atoms with van der Waals surface area (Å²) in [6.45, 7) is 1.85. The Hall–Kier alpha value is -1.95. The van der Waals surface area contributed by atoms with Crippen molar-refractivity contribution >= 4 is 17.4 Å². The van der Waals surface area contributed by atoms with Crippen LogP contribution in [0.3, 0.4) is 0 Å². The summed E-state index contributed by atoms with van der Waals surface area (Å²) in [5.41, 5.74) is 7.71. The lowest BCUT2D eigenvalue weighted by Gasteiger charge is -2.40. The molecule has 2 bridgehead atoms. The molecule has 3 saturated heterocycles. The topological polar surface area (TPSA) is 81.8 Å². The number of hydrogen-bond acceptors (Lipinski definition) is 4. The van der Waals surface area contributed by atoms with E-state index in [0.717, 1.165) is 63.0 Å². The minimum atomic E-state index is -0.239. The van der Waals surface area contributed by atoms with Gasteiger partial charge < -0.3 is 26.0 Å². The average molecular weight is 344 g/mol. The number of amides is 2. The zero-order chi connectivity index (χ0) is 17.4.